The number of hydrogen-bond acceptors (Lipinski definition) is 4. The molecule has 0 bridgehead atoms. The fraction of sp³-hybridized carbons (Fsp3) is 0.222. The van der Waals surface area contributed by atoms with Gasteiger partial charge in [0.1, 0.15) is 5.82 Å². The SMILES string of the molecule is CCCN1C(=O)C(O)=C(C(=O)c2cccs2)C1c1ccc(F)cc1. The molecule has 124 valence electrons. The second-order valence-corrected chi connectivity index (χ2v) is 6.47. The molecule has 1 aromatic heterocycles. The molecule has 3 rings (SSSR count). The Hall–Kier alpha value is -2.47. The Balaban J connectivity index is 2.10. The van der Waals surface area contributed by atoms with E-state index in [2.05, 4.69) is 0 Å². The zero-order valence-electron chi connectivity index (χ0n) is 13.0. The molecule has 1 amide bonds. The van der Waals surface area contributed by atoms with Gasteiger partial charge in [-0.05, 0) is 35.6 Å². The van der Waals surface area contributed by atoms with Crippen LogP contribution in [0.25, 0.3) is 0 Å². The smallest absolute Gasteiger partial charge is 0.290 e. The van der Waals surface area contributed by atoms with Crippen molar-refractivity contribution in [1.29, 1.82) is 0 Å². The molecule has 2 heterocycles. The summed E-state index contributed by atoms with van der Waals surface area (Å²) in [5, 5.41) is 12.1. The Kier molecular flexibility index (Phi) is 4.49. The lowest BCUT2D eigenvalue weighted by Crippen LogP contribution is -2.31. The van der Waals surface area contributed by atoms with E-state index in [0.717, 1.165) is 0 Å². The molecular weight excluding hydrogens is 329 g/mol. The van der Waals surface area contributed by atoms with Crippen LogP contribution in [0.2, 0.25) is 0 Å². The number of carbonyl (C=O) groups excluding carboxylic acids is 2. The molecule has 1 aromatic carbocycles. The molecule has 0 fully saturated rings. The summed E-state index contributed by atoms with van der Waals surface area (Å²) in [6, 6.07) is 8.34. The van der Waals surface area contributed by atoms with Gasteiger partial charge in [0.2, 0.25) is 5.78 Å². The number of thiophene rings is 1. The van der Waals surface area contributed by atoms with Crippen molar-refractivity contribution in [3.05, 3.63) is 69.4 Å². The highest BCUT2D eigenvalue weighted by Gasteiger charge is 2.43. The fourth-order valence-corrected chi connectivity index (χ4v) is 3.57. The van der Waals surface area contributed by atoms with Gasteiger partial charge in [0.15, 0.2) is 5.76 Å². The van der Waals surface area contributed by atoms with Crippen molar-refractivity contribution in [2.75, 3.05) is 6.54 Å². The first-order valence-electron chi connectivity index (χ1n) is 7.62. The minimum absolute atomic E-state index is 0.0579. The second-order valence-electron chi connectivity index (χ2n) is 5.52. The van der Waals surface area contributed by atoms with E-state index in [1.807, 2.05) is 6.92 Å². The monoisotopic (exact) mass is 345 g/mol. The van der Waals surface area contributed by atoms with E-state index >= 15 is 0 Å². The number of Topliss-reactive ketones (excluding diaryl/α,β-unsaturated/α-hetero) is 1. The molecule has 1 unspecified atom stereocenters. The summed E-state index contributed by atoms with van der Waals surface area (Å²) in [6.45, 7) is 2.30. The number of benzene rings is 1. The van der Waals surface area contributed by atoms with E-state index < -0.39 is 23.5 Å². The maximum Gasteiger partial charge on any atom is 0.290 e. The third-order valence-corrected chi connectivity index (χ3v) is 4.81. The summed E-state index contributed by atoms with van der Waals surface area (Å²) in [5.74, 6) is -1.85. The van der Waals surface area contributed by atoms with Gasteiger partial charge in [0.05, 0.1) is 16.5 Å². The predicted molar refractivity (Wildman–Crippen MR) is 89.4 cm³/mol. The number of ketones is 1. The van der Waals surface area contributed by atoms with E-state index in [1.165, 1.54) is 40.5 Å². The summed E-state index contributed by atoms with van der Waals surface area (Å²) in [5.41, 5.74) is 0.657. The Bertz CT molecular complexity index is 796. The van der Waals surface area contributed by atoms with Crippen molar-refractivity contribution in [3.63, 3.8) is 0 Å². The van der Waals surface area contributed by atoms with Crippen LogP contribution >= 0.6 is 11.3 Å². The molecule has 0 aliphatic carbocycles. The number of halogens is 1. The Morgan fingerprint density at radius 2 is 2.00 bits per heavy atom. The first-order chi connectivity index (χ1) is 11.5. The molecule has 2 aromatic rings. The van der Waals surface area contributed by atoms with Crippen LogP contribution in [0.4, 0.5) is 4.39 Å². The van der Waals surface area contributed by atoms with E-state index in [0.29, 0.717) is 23.4 Å². The van der Waals surface area contributed by atoms with Crippen LogP contribution in [-0.4, -0.2) is 28.2 Å². The minimum Gasteiger partial charge on any atom is -0.503 e. The van der Waals surface area contributed by atoms with Crippen LogP contribution in [0.15, 0.2) is 53.1 Å². The zero-order valence-corrected chi connectivity index (χ0v) is 13.8. The third-order valence-electron chi connectivity index (χ3n) is 3.94. The summed E-state index contributed by atoms with van der Waals surface area (Å²) in [6.07, 6.45) is 0.678. The molecule has 0 saturated carbocycles. The first kappa shape index (κ1) is 16.4. The van der Waals surface area contributed by atoms with Crippen molar-refractivity contribution in [3.8, 4) is 0 Å². The molecule has 0 saturated heterocycles. The molecule has 1 aliphatic rings. The van der Waals surface area contributed by atoms with Gasteiger partial charge in [-0.15, -0.1) is 11.3 Å². The lowest BCUT2D eigenvalue weighted by molar-refractivity contribution is -0.129. The van der Waals surface area contributed by atoms with E-state index in [1.54, 1.807) is 17.5 Å². The highest BCUT2D eigenvalue weighted by Crippen LogP contribution is 2.39. The van der Waals surface area contributed by atoms with Crippen LogP contribution in [-0.2, 0) is 4.79 Å². The summed E-state index contributed by atoms with van der Waals surface area (Å²) in [7, 11) is 0. The number of aliphatic hydroxyl groups is 1. The topological polar surface area (TPSA) is 57.6 Å². The lowest BCUT2D eigenvalue weighted by Gasteiger charge is -2.26. The van der Waals surface area contributed by atoms with Crippen LogP contribution in [0.1, 0.15) is 34.6 Å². The molecule has 0 spiro atoms. The second kappa shape index (κ2) is 6.57. The van der Waals surface area contributed by atoms with Crippen molar-refractivity contribution in [2.45, 2.75) is 19.4 Å². The van der Waals surface area contributed by atoms with Gasteiger partial charge in [0, 0.05) is 6.54 Å². The maximum absolute atomic E-state index is 13.2. The molecule has 1 atom stereocenters. The van der Waals surface area contributed by atoms with E-state index in [9.17, 15) is 19.1 Å². The van der Waals surface area contributed by atoms with Crippen LogP contribution in [0, 0.1) is 5.82 Å². The van der Waals surface area contributed by atoms with Crippen molar-refractivity contribution >= 4 is 23.0 Å². The molecule has 0 radical (unpaired) electrons. The number of nitrogens with zero attached hydrogens (tertiary/aromatic N) is 1. The Morgan fingerprint density at radius 1 is 1.29 bits per heavy atom. The quantitative estimate of drug-likeness (QED) is 0.837. The number of aliphatic hydroxyl groups excluding tert-OH is 1. The molecule has 1 N–H and O–H groups in total. The highest BCUT2D eigenvalue weighted by atomic mass is 32.1. The van der Waals surface area contributed by atoms with Crippen LogP contribution < -0.4 is 0 Å². The van der Waals surface area contributed by atoms with Gasteiger partial charge < -0.3 is 10.0 Å². The van der Waals surface area contributed by atoms with Gasteiger partial charge in [0.25, 0.3) is 5.91 Å². The average Bonchev–Trinajstić information content (AvgIpc) is 3.19. The molecule has 24 heavy (non-hydrogen) atoms. The van der Waals surface area contributed by atoms with Gasteiger partial charge in [-0.1, -0.05) is 25.1 Å². The Labute approximate surface area is 142 Å². The predicted octanol–water partition coefficient (Wildman–Crippen LogP) is 3.88. The number of carbonyl (C=O) groups is 2. The van der Waals surface area contributed by atoms with Crippen LogP contribution in [0.5, 0.6) is 0 Å². The van der Waals surface area contributed by atoms with E-state index in [4.69, 9.17) is 0 Å². The standard InChI is InChI=1S/C18H16FNO3S/c1-2-9-20-15(11-5-7-12(19)8-6-11)14(17(22)18(20)23)16(21)13-4-3-10-24-13/h3-8,10,15,22H,2,9H2,1H3. The molecule has 4 nitrogen and oxygen atoms in total. The van der Waals surface area contributed by atoms with Gasteiger partial charge in [-0.3, -0.25) is 9.59 Å². The third kappa shape index (κ3) is 2.73. The summed E-state index contributed by atoms with van der Waals surface area (Å²) < 4.78 is 13.2. The average molecular weight is 345 g/mol. The molecular formula is C18H16FNO3S. The fourth-order valence-electron chi connectivity index (χ4n) is 2.89. The van der Waals surface area contributed by atoms with Crippen molar-refractivity contribution < 1.29 is 19.1 Å². The highest BCUT2D eigenvalue weighted by molar-refractivity contribution is 7.12. The largest absolute Gasteiger partial charge is 0.503 e. The Morgan fingerprint density at radius 3 is 2.58 bits per heavy atom. The van der Waals surface area contributed by atoms with Crippen LogP contribution in [0.3, 0.4) is 0 Å². The summed E-state index contributed by atoms with van der Waals surface area (Å²) in [4.78, 5) is 27.1. The summed E-state index contributed by atoms with van der Waals surface area (Å²) >= 11 is 1.25. The lowest BCUT2D eigenvalue weighted by atomic mass is 9.95. The van der Waals surface area contributed by atoms with Crippen molar-refractivity contribution in [1.82, 2.24) is 4.90 Å². The number of amides is 1. The molecule has 1 aliphatic heterocycles. The van der Waals surface area contributed by atoms with Crippen molar-refractivity contribution in [2.24, 2.45) is 0 Å². The van der Waals surface area contributed by atoms with Gasteiger partial charge >= 0.3 is 0 Å². The maximum atomic E-state index is 13.2. The molecule has 6 heteroatoms. The number of hydrogen-bond donors (Lipinski definition) is 1. The first-order valence-corrected chi connectivity index (χ1v) is 8.50. The normalized spacial score (nSPS) is 17.7. The van der Waals surface area contributed by atoms with E-state index in [-0.39, 0.29) is 11.4 Å². The van der Waals surface area contributed by atoms with Gasteiger partial charge in [-0.25, -0.2) is 4.39 Å². The van der Waals surface area contributed by atoms with Gasteiger partial charge in [-0.2, -0.15) is 0 Å². The minimum atomic E-state index is -0.701. The number of rotatable bonds is 5. The zero-order chi connectivity index (χ0) is 17.3.